The number of halogens is 2. The van der Waals surface area contributed by atoms with Gasteiger partial charge in [0, 0.05) is 42.5 Å². The van der Waals surface area contributed by atoms with Crippen LogP contribution in [0.1, 0.15) is 58.1 Å². The molecule has 5 rings (SSSR count). The van der Waals surface area contributed by atoms with E-state index in [2.05, 4.69) is 50.9 Å². The minimum Gasteiger partial charge on any atom is -0.393 e. The van der Waals surface area contributed by atoms with Crippen LogP contribution in [-0.2, 0) is 9.47 Å². The normalized spacial score (nSPS) is 23.1. The van der Waals surface area contributed by atoms with E-state index in [1.807, 2.05) is 16.8 Å². The molecule has 2 fully saturated rings. The summed E-state index contributed by atoms with van der Waals surface area (Å²) in [6.07, 6.45) is 6.75. The lowest BCUT2D eigenvalue weighted by Crippen LogP contribution is -2.45. The summed E-state index contributed by atoms with van der Waals surface area (Å²) in [6, 6.07) is 5.89. The number of anilines is 2. The summed E-state index contributed by atoms with van der Waals surface area (Å²) in [7, 11) is 0. The molecule has 2 N–H and O–H groups in total. The number of nitrogens with one attached hydrogen (secondary N) is 1. The Hall–Kier alpha value is -2.89. The summed E-state index contributed by atoms with van der Waals surface area (Å²) in [4.78, 5) is 11.5. The standard InChI is InChI=1S/C28H38F2N6O3/c1-17(2)25-15-35(10-11-38-25)26-12-20(8-9-31-26)22-13-23(19-4-6-21(37)7-5-19)36-24(22)14-32-28(34-36)33-18(3)16-39-27(29)30/h8-9,12-14,17-19,21,25,27,37H,4-7,10-11,15-16H2,1-3H3,(H,33,34)/t18-,19-,21-,25-/m0/s1. The molecular weight excluding hydrogens is 506 g/mol. The number of aromatic nitrogens is 4. The Kier molecular flexibility index (Phi) is 8.58. The lowest BCUT2D eigenvalue weighted by atomic mass is 9.85. The maximum absolute atomic E-state index is 12.5. The molecule has 0 amide bonds. The molecule has 0 aromatic carbocycles. The predicted octanol–water partition coefficient (Wildman–Crippen LogP) is 4.71. The molecule has 39 heavy (non-hydrogen) atoms. The number of aliphatic hydroxyl groups is 1. The van der Waals surface area contributed by atoms with E-state index in [4.69, 9.17) is 9.84 Å². The van der Waals surface area contributed by atoms with E-state index in [0.29, 0.717) is 18.5 Å². The minimum absolute atomic E-state index is 0.164. The number of morpholine rings is 1. The molecule has 2 aliphatic rings. The van der Waals surface area contributed by atoms with E-state index in [9.17, 15) is 13.9 Å². The van der Waals surface area contributed by atoms with E-state index in [1.54, 1.807) is 13.1 Å². The van der Waals surface area contributed by atoms with Crippen LogP contribution in [0.4, 0.5) is 20.5 Å². The number of hydrogen-bond acceptors (Lipinski definition) is 8. The van der Waals surface area contributed by atoms with Crippen molar-refractivity contribution in [2.24, 2.45) is 5.92 Å². The van der Waals surface area contributed by atoms with Crippen LogP contribution in [0.5, 0.6) is 0 Å². The number of rotatable bonds is 9. The van der Waals surface area contributed by atoms with E-state index in [-0.39, 0.29) is 24.7 Å². The molecule has 2 atom stereocenters. The highest BCUT2D eigenvalue weighted by Crippen LogP contribution is 2.38. The number of aliphatic hydroxyl groups excluding tert-OH is 1. The largest absolute Gasteiger partial charge is 0.393 e. The first kappa shape index (κ1) is 27.7. The number of ether oxygens (including phenoxy) is 2. The lowest BCUT2D eigenvalue weighted by molar-refractivity contribution is -0.130. The number of hydrogen-bond donors (Lipinski definition) is 2. The van der Waals surface area contributed by atoms with Crippen molar-refractivity contribution in [2.45, 2.75) is 77.2 Å². The Morgan fingerprint density at radius 3 is 2.69 bits per heavy atom. The topological polar surface area (TPSA) is 97.0 Å². The molecule has 1 saturated heterocycles. The zero-order valence-electron chi connectivity index (χ0n) is 22.8. The van der Waals surface area contributed by atoms with Crippen molar-refractivity contribution in [3.63, 3.8) is 0 Å². The van der Waals surface area contributed by atoms with Gasteiger partial charge in [-0.25, -0.2) is 14.5 Å². The Labute approximate surface area is 227 Å². The smallest absolute Gasteiger partial charge is 0.345 e. The molecule has 11 heteroatoms. The second-order valence-corrected chi connectivity index (χ2v) is 11.0. The van der Waals surface area contributed by atoms with Crippen LogP contribution in [0.3, 0.4) is 0 Å². The fourth-order valence-corrected chi connectivity index (χ4v) is 5.50. The van der Waals surface area contributed by atoms with Gasteiger partial charge in [0.1, 0.15) is 5.82 Å². The second kappa shape index (κ2) is 12.1. The van der Waals surface area contributed by atoms with Crippen LogP contribution in [0.25, 0.3) is 16.6 Å². The third-order valence-electron chi connectivity index (χ3n) is 7.72. The van der Waals surface area contributed by atoms with Crippen molar-refractivity contribution in [1.82, 2.24) is 19.6 Å². The molecule has 0 spiro atoms. The summed E-state index contributed by atoms with van der Waals surface area (Å²) in [5.41, 5.74) is 3.94. The van der Waals surface area contributed by atoms with Crippen LogP contribution in [-0.4, -0.2) is 75.9 Å². The van der Waals surface area contributed by atoms with Gasteiger partial charge in [0.15, 0.2) is 0 Å². The summed E-state index contributed by atoms with van der Waals surface area (Å²) in [5, 5.41) is 17.9. The molecule has 3 aromatic rings. The summed E-state index contributed by atoms with van der Waals surface area (Å²) in [5.74, 6) is 1.92. The molecule has 1 saturated carbocycles. The first-order valence-electron chi connectivity index (χ1n) is 13.8. The third-order valence-corrected chi connectivity index (χ3v) is 7.72. The fourth-order valence-electron chi connectivity index (χ4n) is 5.50. The molecule has 0 unspecified atom stereocenters. The first-order chi connectivity index (χ1) is 18.8. The highest BCUT2D eigenvalue weighted by atomic mass is 19.3. The zero-order valence-corrected chi connectivity index (χ0v) is 22.8. The fraction of sp³-hybridized carbons (Fsp3) is 0.607. The van der Waals surface area contributed by atoms with Crippen LogP contribution >= 0.6 is 0 Å². The van der Waals surface area contributed by atoms with E-state index >= 15 is 0 Å². The molecule has 1 aliphatic heterocycles. The molecule has 4 heterocycles. The zero-order chi connectivity index (χ0) is 27.5. The van der Waals surface area contributed by atoms with Crippen molar-refractivity contribution in [1.29, 1.82) is 0 Å². The molecule has 212 valence electrons. The monoisotopic (exact) mass is 544 g/mol. The molecule has 9 nitrogen and oxygen atoms in total. The Morgan fingerprint density at radius 2 is 1.95 bits per heavy atom. The van der Waals surface area contributed by atoms with Gasteiger partial charge < -0.3 is 24.8 Å². The van der Waals surface area contributed by atoms with Gasteiger partial charge in [0.2, 0.25) is 5.95 Å². The Bertz CT molecular complexity index is 1250. The quantitative estimate of drug-likeness (QED) is 0.400. The average molecular weight is 545 g/mol. The van der Waals surface area contributed by atoms with Crippen molar-refractivity contribution in [3.8, 4) is 11.1 Å². The molecular formula is C28H38F2N6O3. The van der Waals surface area contributed by atoms with Gasteiger partial charge in [0.25, 0.3) is 0 Å². The molecule has 0 radical (unpaired) electrons. The van der Waals surface area contributed by atoms with Gasteiger partial charge in [-0.05, 0) is 62.3 Å². The Morgan fingerprint density at radius 1 is 1.15 bits per heavy atom. The van der Waals surface area contributed by atoms with Gasteiger partial charge >= 0.3 is 6.61 Å². The molecule has 0 bridgehead atoms. The van der Waals surface area contributed by atoms with Gasteiger partial charge in [-0.1, -0.05) is 13.8 Å². The predicted molar refractivity (Wildman–Crippen MR) is 145 cm³/mol. The van der Waals surface area contributed by atoms with Gasteiger partial charge in [-0.2, -0.15) is 8.78 Å². The average Bonchev–Trinajstić information content (AvgIpc) is 3.31. The van der Waals surface area contributed by atoms with Crippen molar-refractivity contribution in [2.75, 3.05) is 36.5 Å². The van der Waals surface area contributed by atoms with Crippen LogP contribution < -0.4 is 10.2 Å². The molecule has 3 aromatic heterocycles. The number of fused-ring (bicyclic) bond motifs is 1. The van der Waals surface area contributed by atoms with Gasteiger partial charge in [-0.3, -0.25) is 0 Å². The van der Waals surface area contributed by atoms with E-state index in [1.165, 1.54) is 0 Å². The van der Waals surface area contributed by atoms with E-state index in [0.717, 1.165) is 66.9 Å². The first-order valence-corrected chi connectivity index (χ1v) is 13.8. The number of nitrogens with zero attached hydrogens (tertiary/aromatic N) is 5. The van der Waals surface area contributed by atoms with Crippen LogP contribution in [0.15, 0.2) is 30.6 Å². The van der Waals surface area contributed by atoms with Crippen molar-refractivity contribution < 1.29 is 23.4 Å². The minimum atomic E-state index is -2.82. The van der Waals surface area contributed by atoms with Gasteiger partial charge in [0.05, 0.1) is 37.1 Å². The maximum atomic E-state index is 12.5. The maximum Gasteiger partial charge on any atom is 0.345 e. The van der Waals surface area contributed by atoms with Crippen molar-refractivity contribution in [3.05, 3.63) is 36.3 Å². The lowest BCUT2D eigenvalue weighted by Gasteiger charge is -2.35. The number of pyridine rings is 1. The van der Waals surface area contributed by atoms with Crippen LogP contribution in [0, 0.1) is 5.92 Å². The second-order valence-electron chi connectivity index (χ2n) is 11.0. The van der Waals surface area contributed by atoms with E-state index < -0.39 is 12.7 Å². The SMILES string of the molecule is CC(C)[C@@H]1CN(c2cc(-c3cc([C@H]4CC[C@H](O)CC4)n4nc(N[C@@H](C)COC(F)F)ncc34)ccn2)CCO1. The van der Waals surface area contributed by atoms with Gasteiger partial charge in [-0.15, -0.1) is 5.10 Å². The van der Waals surface area contributed by atoms with Crippen molar-refractivity contribution >= 4 is 17.3 Å². The highest BCUT2D eigenvalue weighted by Gasteiger charge is 2.27. The highest BCUT2D eigenvalue weighted by molar-refractivity contribution is 5.82. The summed E-state index contributed by atoms with van der Waals surface area (Å²) >= 11 is 0. The summed E-state index contributed by atoms with van der Waals surface area (Å²) < 4.78 is 37.3. The summed E-state index contributed by atoms with van der Waals surface area (Å²) in [6.45, 7) is 5.36. The third kappa shape index (κ3) is 6.47. The van der Waals surface area contributed by atoms with Crippen LogP contribution in [0.2, 0.25) is 0 Å². The Balaban J connectivity index is 1.48. The number of alkyl halides is 2. The molecule has 1 aliphatic carbocycles.